The molecule has 8 nitrogen and oxygen atoms in total. The molecule has 49 heavy (non-hydrogen) atoms. The Morgan fingerprint density at radius 3 is 2.22 bits per heavy atom. The minimum atomic E-state index is -0.737. The lowest BCUT2D eigenvalue weighted by Crippen LogP contribution is -2.37. The molecule has 1 aliphatic heterocycles. The largest absolute Gasteiger partial charge is 0.508 e. The zero-order chi connectivity index (χ0) is 35.4. The van der Waals surface area contributed by atoms with Gasteiger partial charge in [-0.25, -0.2) is 4.79 Å². The van der Waals surface area contributed by atoms with E-state index in [4.69, 9.17) is 18.9 Å². The van der Waals surface area contributed by atoms with Crippen molar-refractivity contribution in [2.75, 3.05) is 46.1 Å². The Kier molecular flexibility index (Phi) is 24.4. The van der Waals surface area contributed by atoms with Gasteiger partial charge in [0.05, 0.1) is 18.9 Å². The monoisotopic (exact) mass is 688 g/mol. The maximum Gasteiger partial charge on any atom is 0.508 e. The molecule has 8 heteroatoms. The molecule has 1 fully saturated rings. The summed E-state index contributed by atoms with van der Waals surface area (Å²) >= 11 is 0. The Morgan fingerprint density at radius 2 is 1.49 bits per heavy atom. The van der Waals surface area contributed by atoms with Crippen molar-refractivity contribution in [1.82, 2.24) is 4.90 Å². The van der Waals surface area contributed by atoms with Gasteiger partial charge in [-0.2, -0.15) is 0 Å². The molecular weight excluding hydrogens is 618 g/mol. The van der Waals surface area contributed by atoms with Gasteiger partial charge >= 0.3 is 18.1 Å². The Hall–Kier alpha value is -2.61. The van der Waals surface area contributed by atoms with Crippen LogP contribution in [0.1, 0.15) is 136 Å². The van der Waals surface area contributed by atoms with Crippen LogP contribution in [0.5, 0.6) is 0 Å². The number of hydrogen-bond donors (Lipinski definition) is 0. The summed E-state index contributed by atoms with van der Waals surface area (Å²) in [6.45, 7) is 9.87. The Labute approximate surface area is 298 Å². The Bertz CT molecular complexity index is 977. The van der Waals surface area contributed by atoms with Gasteiger partial charge in [0.15, 0.2) is 0 Å². The highest BCUT2D eigenvalue weighted by molar-refractivity contribution is 5.70. The van der Waals surface area contributed by atoms with Gasteiger partial charge in [0.1, 0.15) is 19.8 Å². The molecule has 2 aliphatic rings. The van der Waals surface area contributed by atoms with Crippen LogP contribution in [0.25, 0.3) is 0 Å². The smallest absolute Gasteiger partial charge is 0.465 e. The van der Waals surface area contributed by atoms with Gasteiger partial charge < -0.3 is 23.8 Å². The second kappa shape index (κ2) is 28.1. The number of allylic oxidation sites excluding steroid dienone is 6. The van der Waals surface area contributed by atoms with Crippen LogP contribution in [0.15, 0.2) is 36.5 Å². The van der Waals surface area contributed by atoms with Crippen molar-refractivity contribution < 1.29 is 33.3 Å². The van der Waals surface area contributed by atoms with Crippen molar-refractivity contribution in [3.05, 3.63) is 36.5 Å². The average molecular weight is 688 g/mol. The van der Waals surface area contributed by atoms with Crippen LogP contribution in [0.4, 0.5) is 4.79 Å². The van der Waals surface area contributed by atoms with Gasteiger partial charge in [0, 0.05) is 18.9 Å². The molecule has 0 N–H and O–H groups in total. The molecule has 0 aromatic carbocycles. The number of hydrogen-bond acceptors (Lipinski definition) is 8. The third kappa shape index (κ3) is 22.0. The molecule has 0 spiro atoms. The highest BCUT2D eigenvalue weighted by atomic mass is 16.7. The fourth-order valence-corrected chi connectivity index (χ4v) is 6.53. The van der Waals surface area contributed by atoms with Crippen molar-refractivity contribution in [1.29, 1.82) is 0 Å². The van der Waals surface area contributed by atoms with Crippen LogP contribution in [0, 0.1) is 23.7 Å². The van der Waals surface area contributed by atoms with Gasteiger partial charge in [-0.1, -0.05) is 95.8 Å². The van der Waals surface area contributed by atoms with E-state index in [9.17, 15) is 14.4 Å². The number of esters is 2. The lowest BCUT2D eigenvalue weighted by Gasteiger charge is -2.31. The first-order chi connectivity index (χ1) is 23.9. The normalized spacial score (nSPS) is 20.4. The van der Waals surface area contributed by atoms with Gasteiger partial charge in [-0.05, 0) is 89.1 Å². The van der Waals surface area contributed by atoms with Crippen LogP contribution in [0.3, 0.4) is 0 Å². The van der Waals surface area contributed by atoms with Gasteiger partial charge in [0.2, 0.25) is 0 Å². The van der Waals surface area contributed by atoms with Crippen molar-refractivity contribution in [2.45, 2.75) is 136 Å². The number of carbonyl (C=O) groups is 3. The highest BCUT2D eigenvalue weighted by Gasteiger charge is 2.24. The quantitative estimate of drug-likeness (QED) is 0.0384. The van der Waals surface area contributed by atoms with E-state index in [-0.39, 0.29) is 37.7 Å². The molecule has 1 saturated heterocycles. The standard InChI is InChI=1S/C41H69NO7/c1-4-7-8-9-10-11-12-13-14-15-16-17-18-19-20-26-39(43)46-32-38(33-47-40(44)29-36-24-21-23-35(5-2)28-36)34-49-41(45)48-31-37-25-22-27-42(6-3)30-37/h10-11,13-14,21,24,35-38H,4-9,12,15-20,22-23,25-34H2,1-3H3/b11-10-,14-13-. The van der Waals surface area contributed by atoms with Crippen LogP contribution in [-0.2, 0) is 28.5 Å². The molecule has 0 bridgehead atoms. The second-order valence-corrected chi connectivity index (χ2v) is 14.1. The lowest BCUT2D eigenvalue weighted by molar-refractivity contribution is -0.150. The van der Waals surface area contributed by atoms with Crippen LogP contribution >= 0.6 is 0 Å². The van der Waals surface area contributed by atoms with E-state index in [1.165, 1.54) is 25.7 Å². The number of unbranched alkanes of at least 4 members (excludes halogenated alkanes) is 8. The summed E-state index contributed by atoms with van der Waals surface area (Å²) in [5, 5.41) is 0. The molecule has 1 aliphatic carbocycles. The summed E-state index contributed by atoms with van der Waals surface area (Å²) in [7, 11) is 0. The third-order valence-corrected chi connectivity index (χ3v) is 9.74. The van der Waals surface area contributed by atoms with E-state index in [0.29, 0.717) is 31.3 Å². The summed E-state index contributed by atoms with van der Waals surface area (Å²) in [5.41, 5.74) is 0. The zero-order valence-electron chi connectivity index (χ0n) is 31.3. The van der Waals surface area contributed by atoms with Gasteiger partial charge in [-0.3, -0.25) is 9.59 Å². The molecule has 0 aromatic rings. The summed E-state index contributed by atoms with van der Waals surface area (Å²) in [6, 6.07) is 0. The van der Waals surface area contributed by atoms with Crippen LogP contribution in [0.2, 0.25) is 0 Å². The molecule has 0 radical (unpaired) electrons. The fraction of sp³-hybridized carbons (Fsp3) is 0.780. The van der Waals surface area contributed by atoms with E-state index < -0.39 is 12.1 Å². The van der Waals surface area contributed by atoms with Gasteiger partial charge in [-0.15, -0.1) is 0 Å². The summed E-state index contributed by atoms with van der Waals surface area (Å²) in [6.07, 6.45) is 30.9. The van der Waals surface area contributed by atoms with Crippen molar-refractivity contribution in [2.24, 2.45) is 23.7 Å². The summed E-state index contributed by atoms with van der Waals surface area (Å²) in [5.74, 6) is 0.0666. The number of likely N-dealkylation sites (tertiary alicyclic amines) is 1. The first kappa shape index (κ1) is 42.6. The zero-order valence-corrected chi connectivity index (χ0v) is 31.3. The van der Waals surface area contributed by atoms with E-state index in [1.807, 2.05) is 0 Å². The predicted molar refractivity (Wildman–Crippen MR) is 197 cm³/mol. The van der Waals surface area contributed by atoms with E-state index >= 15 is 0 Å². The lowest BCUT2D eigenvalue weighted by atomic mass is 9.83. The van der Waals surface area contributed by atoms with Crippen molar-refractivity contribution in [3.8, 4) is 0 Å². The summed E-state index contributed by atoms with van der Waals surface area (Å²) in [4.78, 5) is 40.0. The molecule has 280 valence electrons. The second-order valence-electron chi connectivity index (χ2n) is 14.1. The number of nitrogens with zero attached hydrogens (tertiary/aromatic N) is 1. The SMILES string of the molecule is CCCCC/C=C\C/C=C\CCCCCCCC(=O)OCC(COC(=O)CC1C=CCC(CC)C1)COC(=O)OCC1CCCN(CC)C1. The molecule has 0 aromatic heterocycles. The predicted octanol–water partition coefficient (Wildman–Crippen LogP) is 9.77. The topological polar surface area (TPSA) is 91.4 Å². The maximum atomic E-state index is 12.7. The van der Waals surface area contributed by atoms with Gasteiger partial charge in [0.25, 0.3) is 0 Å². The first-order valence-corrected chi connectivity index (χ1v) is 19.7. The molecule has 0 saturated carbocycles. The first-order valence-electron chi connectivity index (χ1n) is 19.7. The van der Waals surface area contributed by atoms with E-state index in [2.05, 4.69) is 62.1 Å². The van der Waals surface area contributed by atoms with Crippen molar-refractivity contribution >= 4 is 18.1 Å². The van der Waals surface area contributed by atoms with Crippen LogP contribution in [-0.4, -0.2) is 69.1 Å². The molecule has 4 atom stereocenters. The number of carbonyl (C=O) groups excluding carboxylic acids is 3. The highest BCUT2D eigenvalue weighted by Crippen LogP contribution is 2.28. The van der Waals surface area contributed by atoms with Crippen molar-refractivity contribution in [3.63, 3.8) is 0 Å². The Balaban J connectivity index is 1.66. The number of piperidine rings is 1. The van der Waals surface area contributed by atoms with E-state index in [1.54, 1.807) is 0 Å². The molecule has 2 rings (SSSR count). The molecule has 4 unspecified atom stereocenters. The average Bonchev–Trinajstić information content (AvgIpc) is 3.12. The Morgan fingerprint density at radius 1 is 0.796 bits per heavy atom. The maximum absolute atomic E-state index is 12.7. The third-order valence-electron chi connectivity index (χ3n) is 9.74. The minimum Gasteiger partial charge on any atom is -0.465 e. The number of ether oxygens (including phenoxy) is 4. The van der Waals surface area contributed by atoms with E-state index in [0.717, 1.165) is 96.7 Å². The van der Waals surface area contributed by atoms with Crippen LogP contribution < -0.4 is 0 Å². The minimum absolute atomic E-state index is 0.0187. The molecule has 0 amide bonds. The number of rotatable bonds is 26. The fourth-order valence-electron chi connectivity index (χ4n) is 6.53. The summed E-state index contributed by atoms with van der Waals surface area (Å²) < 4.78 is 22.0. The molecule has 1 heterocycles. The molecular formula is C41H69NO7.